The number of aromatic nitrogens is 1. The Labute approximate surface area is 199 Å². The van der Waals surface area contributed by atoms with Gasteiger partial charge in [0, 0.05) is 69.1 Å². The Morgan fingerprint density at radius 2 is 1.94 bits per heavy atom. The lowest BCUT2D eigenvalue weighted by Gasteiger charge is -2.31. The highest BCUT2D eigenvalue weighted by molar-refractivity contribution is 14.2. The first-order valence-electron chi connectivity index (χ1n) is 9.80. The lowest BCUT2D eigenvalue weighted by molar-refractivity contribution is 0.103. The van der Waals surface area contributed by atoms with Crippen LogP contribution in [-0.4, -0.2) is 60.8 Å². The van der Waals surface area contributed by atoms with E-state index in [9.17, 15) is 18.5 Å². The third kappa shape index (κ3) is 5.10. The van der Waals surface area contributed by atoms with Gasteiger partial charge in [0.05, 0.1) is 11.8 Å². The Morgan fingerprint density at radius 3 is 2.45 bits per heavy atom. The molecule has 1 fully saturated rings. The van der Waals surface area contributed by atoms with Crippen LogP contribution in [0.25, 0.3) is 10.9 Å². The van der Waals surface area contributed by atoms with Gasteiger partial charge in [-0.1, -0.05) is 0 Å². The summed E-state index contributed by atoms with van der Waals surface area (Å²) < 4.78 is 27.1. The van der Waals surface area contributed by atoms with Gasteiger partial charge in [0.25, 0.3) is 0 Å². The summed E-state index contributed by atoms with van der Waals surface area (Å²) in [7, 11) is 1.79. The number of benzene rings is 1. The predicted molar refractivity (Wildman–Crippen MR) is 134 cm³/mol. The van der Waals surface area contributed by atoms with E-state index >= 15 is 0 Å². The molecule has 0 radical (unpaired) electrons. The number of carbonyl (C=O) groups excluding carboxylic acids is 1. The van der Waals surface area contributed by atoms with Crippen molar-refractivity contribution in [2.75, 3.05) is 33.4 Å². The first-order chi connectivity index (χ1) is 14.6. The maximum absolute atomic E-state index is 13.0. The van der Waals surface area contributed by atoms with Gasteiger partial charge >= 0.3 is 0 Å². The Morgan fingerprint density at radius 1 is 1.29 bits per heavy atom. The van der Waals surface area contributed by atoms with Crippen LogP contribution in [0, 0.1) is 18.3 Å². The van der Waals surface area contributed by atoms with Crippen molar-refractivity contribution in [3.05, 3.63) is 46.8 Å². The molecule has 1 aliphatic rings. The first kappa shape index (κ1) is 24.1. The monoisotopic (exact) mass is 572 g/mol. The fourth-order valence-corrected chi connectivity index (χ4v) is 6.66. The van der Waals surface area contributed by atoms with Crippen LogP contribution < -0.4 is 0 Å². The van der Waals surface area contributed by atoms with Crippen LogP contribution in [0.4, 0.5) is 0 Å². The fraction of sp³-hybridized carbons (Fsp3) is 0.429. The van der Waals surface area contributed by atoms with Crippen LogP contribution >= 0.6 is 30.3 Å². The maximum atomic E-state index is 13.0. The van der Waals surface area contributed by atoms with E-state index < -0.39 is 10.0 Å². The van der Waals surface area contributed by atoms with Gasteiger partial charge in [-0.2, -0.15) is 5.26 Å². The van der Waals surface area contributed by atoms with Gasteiger partial charge in [0.1, 0.15) is 17.3 Å². The molecule has 0 spiro atoms. The van der Waals surface area contributed by atoms with Crippen LogP contribution in [-0.2, 0) is 10.0 Å². The third-order valence-electron chi connectivity index (χ3n) is 5.56. The number of ketones is 1. The molecule has 2 heterocycles. The number of hydrogen-bond donors (Lipinski definition) is 0. The topological polar surface area (TPSA) is 86.4 Å². The smallest absolute Gasteiger partial charge is 0.222 e. The third-order valence-corrected chi connectivity index (χ3v) is 8.58. The predicted octanol–water partition coefficient (Wildman–Crippen LogP) is 4.09. The second kappa shape index (κ2) is 9.52. The molecular weight excluding hydrogens is 547 g/mol. The molecule has 31 heavy (non-hydrogen) atoms. The van der Waals surface area contributed by atoms with Crippen molar-refractivity contribution in [2.24, 2.45) is 0 Å². The minimum atomic E-state index is -3.16. The number of fused-ring (bicyclic) bond motifs is 1. The molecule has 7 nitrogen and oxygen atoms in total. The zero-order chi connectivity index (χ0) is 22.9. The van der Waals surface area contributed by atoms with Crippen molar-refractivity contribution in [3.8, 4) is 6.07 Å². The maximum Gasteiger partial charge on any atom is 0.222 e. The Kier molecular flexibility index (Phi) is 7.40. The number of nitriles is 1. The molecule has 0 bridgehead atoms. The molecule has 1 aromatic heterocycles. The Balaban J connectivity index is 2.01. The number of rotatable bonds is 6. The largest absolute Gasteiger partial charge is 0.382 e. The lowest BCUT2D eigenvalue weighted by Crippen LogP contribution is -2.37. The van der Waals surface area contributed by atoms with E-state index in [4.69, 9.17) is 0 Å². The number of sulfonamides is 1. The molecule has 0 amide bonds. The molecule has 2 aromatic rings. The van der Waals surface area contributed by atoms with E-state index in [2.05, 4.69) is 40.3 Å². The summed E-state index contributed by atoms with van der Waals surface area (Å²) in [5, 5.41) is 10.4. The molecule has 0 N–H and O–H groups in total. The van der Waals surface area contributed by atoms with Crippen LogP contribution in [0.3, 0.4) is 0 Å². The summed E-state index contributed by atoms with van der Waals surface area (Å²) in [6, 6.07) is 8.05. The summed E-state index contributed by atoms with van der Waals surface area (Å²) in [6.07, 6.45) is 4.34. The van der Waals surface area contributed by atoms with E-state index in [-0.39, 0.29) is 17.3 Å². The number of carbonyl (C=O) groups is 1. The molecule has 1 saturated heterocycles. The second-order valence-electron chi connectivity index (χ2n) is 8.04. The highest BCUT2D eigenvalue weighted by atomic mass is 127. The summed E-state index contributed by atoms with van der Waals surface area (Å²) >= 11 is 2.15. The molecule has 10 heteroatoms. The number of halogens is 1. The zero-order valence-corrected chi connectivity index (χ0v) is 21.7. The summed E-state index contributed by atoms with van der Waals surface area (Å²) in [4.78, 5) is 14.7. The van der Waals surface area contributed by atoms with Crippen LogP contribution in [0.5, 0.6) is 0 Å². The average molecular weight is 572 g/mol. The number of hydrogen-bond acceptors (Lipinski definition) is 6. The van der Waals surface area contributed by atoms with Crippen molar-refractivity contribution in [1.29, 1.82) is 5.26 Å². The molecule has 0 saturated carbocycles. The summed E-state index contributed by atoms with van der Waals surface area (Å²) in [5.74, 6) is -0.0374. The van der Waals surface area contributed by atoms with Crippen molar-refractivity contribution >= 4 is 57.0 Å². The highest BCUT2D eigenvalue weighted by Gasteiger charge is 2.28. The normalized spacial score (nSPS) is 16.5. The van der Waals surface area contributed by atoms with E-state index in [0.29, 0.717) is 18.8 Å². The summed E-state index contributed by atoms with van der Waals surface area (Å²) in [6.45, 7) is 3.10. The Bertz CT molecular complexity index is 1190. The average Bonchev–Trinajstić information content (AvgIpc) is 3.07. The molecule has 3 rings (SSSR count). The highest BCUT2D eigenvalue weighted by Crippen LogP contribution is 2.37. The molecule has 166 valence electrons. The van der Waals surface area contributed by atoms with Gasteiger partial charge < -0.3 is 4.90 Å². The standard InChI is InChI=1S/C21H25IN4O3S2/c1-14-9-16-10-20(21(27)17(12-23)13-24(2)3)26(30-22)19(16)11-18(14)15-5-7-25(8-6-15)31(4,28)29/h9-11,13,15H,5-8H2,1-4H3/b17-13+. The first-order valence-corrected chi connectivity index (χ1v) is 15.0. The molecular formula is C21H25IN4O3S2. The SMILES string of the molecule is Cc1cc2cc(C(=O)/C(C#N)=C/N(C)C)n(SI)c2cc1C1CCN(S(C)(=O)=O)CC1. The minimum absolute atomic E-state index is 0.0876. The van der Waals surface area contributed by atoms with Crippen LogP contribution in [0.15, 0.2) is 30.0 Å². The molecule has 0 aliphatic carbocycles. The van der Waals surface area contributed by atoms with Gasteiger partial charge in [-0.3, -0.25) is 8.77 Å². The van der Waals surface area contributed by atoms with Crippen molar-refractivity contribution in [1.82, 2.24) is 13.2 Å². The van der Waals surface area contributed by atoms with Gasteiger partial charge in [0.15, 0.2) is 0 Å². The van der Waals surface area contributed by atoms with Gasteiger partial charge in [-0.25, -0.2) is 12.7 Å². The second-order valence-corrected chi connectivity index (χ2v) is 11.7. The molecule has 0 unspecified atom stereocenters. The number of Topliss-reactive ketones (excluding diaryl/α,β-unsaturated/α-hetero) is 1. The van der Waals surface area contributed by atoms with Crippen molar-refractivity contribution < 1.29 is 13.2 Å². The fourth-order valence-electron chi connectivity index (χ4n) is 4.07. The Hall–Kier alpha value is -1.55. The molecule has 1 aromatic carbocycles. The molecule has 0 atom stereocenters. The van der Waals surface area contributed by atoms with Crippen LogP contribution in [0.1, 0.15) is 40.4 Å². The number of aryl methyl sites for hydroxylation is 1. The summed E-state index contributed by atoms with van der Waals surface area (Å²) in [5.41, 5.74) is 3.80. The zero-order valence-electron chi connectivity index (χ0n) is 17.9. The molecule has 1 aliphatic heterocycles. The van der Waals surface area contributed by atoms with Crippen LogP contribution in [0.2, 0.25) is 0 Å². The van der Waals surface area contributed by atoms with Crippen molar-refractivity contribution in [2.45, 2.75) is 25.7 Å². The minimum Gasteiger partial charge on any atom is -0.382 e. The van der Waals surface area contributed by atoms with E-state index in [1.165, 1.54) is 31.4 Å². The quantitative estimate of drug-likeness (QED) is 0.225. The van der Waals surface area contributed by atoms with Gasteiger partial charge in [-0.15, -0.1) is 0 Å². The number of nitrogens with zero attached hydrogens (tertiary/aromatic N) is 4. The van der Waals surface area contributed by atoms with Gasteiger partial charge in [0.2, 0.25) is 15.8 Å². The lowest BCUT2D eigenvalue weighted by atomic mass is 9.87. The van der Waals surface area contributed by atoms with Crippen molar-refractivity contribution in [3.63, 3.8) is 0 Å². The number of allylic oxidation sites excluding steroid dienone is 1. The van der Waals surface area contributed by atoms with E-state index in [1.807, 2.05) is 16.1 Å². The van der Waals surface area contributed by atoms with E-state index in [1.54, 1.807) is 19.0 Å². The number of piperidine rings is 1. The van der Waals surface area contributed by atoms with Gasteiger partial charge in [-0.05, 0) is 55.0 Å². The van der Waals surface area contributed by atoms with E-state index in [0.717, 1.165) is 29.3 Å².